The Morgan fingerprint density at radius 3 is 2.50 bits per heavy atom. The van der Waals surface area contributed by atoms with Gasteiger partial charge in [0.25, 0.3) is 0 Å². The van der Waals surface area contributed by atoms with Crippen molar-refractivity contribution in [3.8, 4) is 0 Å². The highest BCUT2D eigenvalue weighted by Crippen LogP contribution is 1.76. The summed E-state index contributed by atoms with van der Waals surface area (Å²) in [6, 6.07) is -0.519. The number of sulfonamides is 1. The van der Waals surface area contributed by atoms with E-state index in [0.29, 0.717) is 0 Å². The quantitative estimate of drug-likeness (QED) is 0.446. The van der Waals surface area contributed by atoms with Crippen molar-refractivity contribution in [3.05, 3.63) is 0 Å². The largest absolute Gasteiger partial charge is 0.395 e. The van der Waals surface area contributed by atoms with Crippen LogP contribution in [0.15, 0.2) is 0 Å². The van der Waals surface area contributed by atoms with Crippen molar-refractivity contribution < 1.29 is 13.5 Å². The molecule has 0 radical (unpaired) electrons. The number of hydrogen-bond acceptors (Lipinski definition) is 4. The lowest BCUT2D eigenvalue weighted by molar-refractivity contribution is 0.266. The summed E-state index contributed by atoms with van der Waals surface area (Å²) in [5.74, 6) is 0. The zero-order valence-corrected chi connectivity index (χ0v) is 6.56. The van der Waals surface area contributed by atoms with Gasteiger partial charge in [-0.3, -0.25) is 0 Å². The fourth-order valence-corrected chi connectivity index (χ4v) is 0.840. The van der Waals surface area contributed by atoms with Crippen LogP contribution in [0.2, 0.25) is 0 Å². The molecule has 0 unspecified atom stereocenters. The van der Waals surface area contributed by atoms with Crippen molar-refractivity contribution in [2.75, 3.05) is 19.4 Å². The third-order valence-electron chi connectivity index (χ3n) is 0.842. The van der Waals surface area contributed by atoms with E-state index in [4.69, 9.17) is 10.8 Å². The number of rotatable bonds is 4. The van der Waals surface area contributed by atoms with Crippen molar-refractivity contribution in [2.45, 2.75) is 6.04 Å². The Morgan fingerprint density at radius 2 is 2.20 bits per heavy atom. The van der Waals surface area contributed by atoms with Crippen LogP contribution in [0.1, 0.15) is 0 Å². The number of nitrogens with two attached hydrogens (primary N) is 1. The highest BCUT2D eigenvalue weighted by molar-refractivity contribution is 7.88. The van der Waals surface area contributed by atoms with E-state index in [1.807, 2.05) is 0 Å². The van der Waals surface area contributed by atoms with Crippen LogP contribution in [0.4, 0.5) is 0 Å². The Hall–Kier alpha value is -0.170. The van der Waals surface area contributed by atoms with Gasteiger partial charge < -0.3 is 10.8 Å². The first kappa shape index (κ1) is 9.83. The predicted octanol–water partition coefficient (Wildman–Crippen LogP) is -2.14. The van der Waals surface area contributed by atoms with E-state index < -0.39 is 16.1 Å². The van der Waals surface area contributed by atoms with Gasteiger partial charge in [-0.2, -0.15) is 0 Å². The van der Waals surface area contributed by atoms with Crippen molar-refractivity contribution in [2.24, 2.45) is 5.73 Å². The maximum absolute atomic E-state index is 10.4. The second kappa shape index (κ2) is 3.87. The summed E-state index contributed by atoms with van der Waals surface area (Å²) < 4.78 is 23.0. The van der Waals surface area contributed by atoms with Crippen LogP contribution in [0.5, 0.6) is 0 Å². The van der Waals surface area contributed by atoms with E-state index >= 15 is 0 Å². The predicted molar refractivity (Wildman–Crippen MR) is 37.9 cm³/mol. The summed E-state index contributed by atoms with van der Waals surface area (Å²) in [5, 5.41) is 8.37. The molecule has 62 valence electrons. The van der Waals surface area contributed by atoms with Crippen LogP contribution in [0.3, 0.4) is 0 Å². The van der Waals surface area contributed by atoms with Gasteiger partial charge in [0.05, 0.1) is 12.9 Å². The molecule has 0 amide bonds. The van der Waals surface area contributed by atoms with Crippen LogP contribution in [-0.4, -0.2) is 39.0 Å². The zero-order valence-electron chi connectivity index (χ0n) is 5.74. The lowest BCUT2D eigenvalue weighted by Gasteiger charge is -2.06. The maximum Gasteiger partial charge on any atom is 0.208 e. The molecular formula is C4H12N2O3S. The molecule has 0 aromatic rings. The number of aliphatic hydroxyl groups is 1. The van der Waals surface area contributed by atoms with Gasteiger partial charge >= 0.3 is 0 Å². The van der Waals surface area contributed by atoms with E-state index in [9.17, 15) is 8.42 Å². The van der Waals surface area contributed by atoms with Crippen LogP contribution < -0.4 is 10.5 Å². The Balaban J connectivity index is 3.56. The van der Waals surface area contributed by atoms with Gasteiger partial charge in [0, 0.05) is 12.6 Å². The second-order valence-corrected chi connectivity index (χ2v) is 3.90. The highest BCUT2D eigenvalue weighted by atomic mass is 32.2. The third-order valence-corrected chi connectivity index (χ3v) is 1.53. The molecule has 0 fully saturated rings. The fourth-order valence-electron chi connectivity index (χ4n) is 0.323. The molecule has 0 aliphatic carbocycles. The molecule has 0 bridgehead atoms. The average Bonchev–Trinajstić information content (AvgIpc) is 1.81. The lowest BCUT2D eigenvalue weighted by Crippen LogP contribution is -2.38. The molecule has 0 rings (SSSR count). The van der Waals surface area contributed by atoms with Gasteiger partial charge in [-0.25, -0.2) is 13.1 Å². The molecule has 1 atom stereocenters. The molecule has 0 aliphatic rings. The van der Waals surface area contributed by atoms with Crippen molar-refractivity contribution in [1.29, 1.82) is 0 Å². The monoisotopic (exact) mass is 168 g/mol. The minimum atomic E-state index is -3.17. The lowest BCUT2D eigenvalue weighted by atomic mass is 10.3. The molecular weight excluding hydrogens is 156 g/mol. The van der Waals surface area contributed by atoms with Crippen LogP contribution in [-0.2, 0) is 10.0 Å². The number of hydrogen-bond donors (Lipinski definition) is 3. The van der Waals surface area contributed by atoms with Crippen molar-refractivity contribution in [1.82, 2.24) is 4.72 Å². The zero-order chi connectivity index (χ0) is 8.20. The maximum atomic E-state index is 10.4. The Bertz CT molecular complexity index is 177. The molecule has 0 heterocycles. The van der Waals surface area contributed by atoms with Gasteiger partial charge in [0.1, 0.15) is 0 Å². The molecule has 0 aliphatic heterocycles. The van der Waals surface area contributed by atoms with Gasteiger partial charge in [-0.05, 0) is 0 Å². The summed E-state index contributed by atoms with van der Waals surface area (Å²) in [7, 11) is -3.17. The topological polar surface area (TPSA) is 92.4 Å². The summed E-state index contributed by atoms with van der Waals surface area (Å²) in [5.41, 5.74) is 5.20. The Labute approximate surface area is 60.3 Å². The van der Waals surface area contributed by atoms with Gasteiger partial charge in [0.2, 0.25) is 10.0 Å². The third kappa shape index (κ3) is 5.96. The molecule has 0 saturated heterocycles. The Morgan fingerprint density at radius 1 is 1.70 bits per heavy atom. The second-order valence-electron chi connectivity index (χ2n) is 2.06. The molecule has 5 nitrogen and oxygen atoms in total. The molecule has 0 aromatic heterocycles. The SMILES string of the molecule is CS(=O)(=O)NC[C@H](N)CO. The average molecular weight is 168 g/mol. The van der Waals surface area contributed by atoms with E-state index in [1.54, 1.807) is 0 Å². The summed E-state index contributed by atoms with van der Waals surface area (Å²) >= 11 is 0. The van der Waals surface area contributed by atoms with Crippen LogP contribution in [0.25, 0.3) is 0 Å². The summed E-state index contributed by atoms with van der Waals surface area (Å²) in [4.78, 5) is 0. The fraction of sp³-hybridized carbons (Fsp3) is 1.00. The molecule has 0 aromatic carbocycles. The highest BCUT2D eigenvalue weighted by Gasteiger charge is 2.03. The standard InChI is InChI=1S/C4H12N2O3S/c1-10(8,9)6-2-4(5)3-7/h4,6-7H,2-3,5H2,1H3/t4-/m0/s1. The van der Waals surface area contributed by atoms with Crippen molar-refractivity contribution >= 4 is 10.0 Å². The van der Waals surface area contributed by atoms with Gasteiger partial charge in [-0.1, -0.05) is 0 Å². The van der Waals surface area contributed by atoms with E-state index in [0.717, 1.165) is 6.26 Å². The minimum absolute atomic E-state index is 0.0787. The van der Waals surface area contributed by atoms with Gasteiger partial charge in [0.15, 0.2) is 0 Å². The number of aliphatic hydroxyl groups excluding tert-OH is 1. The normalized spacial score (nSPS) is 15.1. The van der Waals surface area contributed by atoms with Gasteiger partial charge in [-0.15, -0.1) is 0 Å². The molecule has 6 heteroatoms. The first-order valence-corrected chi connectivity index (χ1v) is 4.66. The number of nitrogens with one attached hydrogen (secondary N) is 1. The first-order valence-electron chi connectivity index (χ1n) is 2.77. The summed E-state index contributed by atoms with van der Waals surface area (Å²) in [6.45, 7) is -0.141. The van der Waals surface area contributed by atoms with E-state index in [2.05, 4.69) is 4.72 Å². The van der Waals surface area contributed by atoms with Crippen LogP contribution >= 0.6 is 0 Å². The van der Waals surface area contributed by atoms with E-state index in [1.165, 1.54) is 0 Å². The smallest absolute Gasteiger partial charge is 0.208 e. The van der Waals surface area contributed by atoms with Crippen LogP contribution in [0, 0.1) is 0 Å². The van der Waals surface area contributed by atoms with Crippen molar-refractivity contribution in [3.63, 3.8) is 0 Å². The Kier molecular flexibility index (Phi) is 3.80. The van der Waals surface area contributed by atoms with E-state index in [-0.39, 0.29) is 13.2 Å². The first-order chi connectivity index (χ1) is 4.45. The molecule has 0 saturated carbocycles. The summed E-state index contributed by atoms with van der Waals surface area (Å²) in [6.07, 6.45) is 1.04. The minimum Gasteiger partial charge on any atom is -0.395 e. The molecule has 4 N–H and O–H groups in total. The molecule has 0 spiro atoms. The molecule has 10 heavy (non-hydrogen) atoms.